The SMILES string of the molecule is CC(N[C@H](C)CO)c1nc2ccccc2n1C. The zero-order chi connectivity index (χ0) is 12.4. The maximum absolute atomic E-state index is 9.05. The van der Waals surface area contributed by atoms with Crippen molar-refractivity contribution in [2.75, 3.05) is 6.61 Å². The van der Waals surface area contributed by atoms with E-state index in [0.29, 0.717) is 0 Å². The monoisotopic (exact) mass is 233 g/mol. The number of fused-ring (bicyclic) bond motifs is 1. The molecule has 92 valence electrons. The standard InChI is InChI=1S/C13H19N3O/c1-9(8-17)14-10(2)13-15-11-6-4-5-7-12(11)16(13)3/h4-7,9-10,14,17H,8H2,1-3H3/t9-,10?/m1/s1. The van der Waals surface area contributed by atoms with Crippen molar-refractivity contribution in [1.29, 1.82) is 0 Å². The van der Waals surface area contributed by atoms with E-state index in [9.17, 15) is 0 Å². The van der Waals surface area contributed by atoms with Crippen LogP contribution in [0.4, 0.5) is 0 Å². The summed E-state index contributed by atoms with van der Waals surface area (Å²) in [7, 11) is 2.02. The molecule has 0 aliphatic carbocycles. The van der Waals surface area contributed by atoms with Crippen LogP contribution in [0.1, 0.15) is 25.7 Å². The second-order valence-electron chi connectivity index (χ2n) is 4.49. The molecule has 2 rings (SSSR count). The summed E-state index contributed by atoms with van der Waals surface area (Å²) in [5.74, 6) is 0.992. The van der Waals surface area contributed by atoms with Crippen LogP contribution in [0.3, 0.4) is 0 Å². The van der Waals surface area contributed by atoms with Crippen LogP contribution in [0.25, 0.3) is 11.0 Å². The summed E-state index contributed by atoms with van der Waals surface area (Å²) in [5.41, 5.74) is 2.14. The normalized spacial score (nSPS) is 15.1. The predicted octanol–water partition coefficient (Wildman–Crippen LogP) is 1.60. The number of nitrogens with zero attached hydrogens (tertiary/aromatic N) is 2. The molecular formula is C13H19N3O. The van der Waals surface area contributed by atoms with Crippen LogP contribution >= 0.6 is 0 Å². The van der Waals surface area contributed by atoms with Gasteiger partial charge in [-0.05, 0) is 26.0 Å². The number of nitrogens with one attached hydrogen (secondary N) is 1. The first-order valence-corrected chi connectivity index (χ1v) is 5.91. The van der Waals surface area contributed by atoms with Crippen LogP contribution in [-0.2, 0) is 7.05 Å². The summed E-state index contributed by atoms with van der Waals surface area (Å²) < 4.78 is 2.09. The summed E-state index contributed by atoms with van der Waals surface area (Å²) >= 11 is 0. The lowest BCUT2D eigenvalue weighted by molar-refractivity contribution is 0.241. The third-order valence-electron chi connectivity index (χ3n) is 3.02. The van der Waals surface area contributed by atoms with Crippen molar-refractivity contribution in [1.82, 2.24) is 14.9 Å². The fourth-order valence-electron chi connectivity index (χ4n) is 2.11. The molecule has 4 nitrogen and oxygen atoms in total. The second-order valence-corrected chi connectivity index (χ2v) is 4.49. The topological polar surface area (TPSA) is 50.1 Å². The first kappa shape index (κ1) is 12.1. The minimum absolute atomic E-state index is 0.0739. The molecule has 17 heavy (non-hydrogen) atoms. The van der Waals surface area contributed by atoms with Crippen molar-refractivity contribution in [3.63, 3.8) is 0 Å². The number of imidazole rings is 1. The lowest BCUT2D eigenvalue weighted by Crippen LogP contribution is -2.32. The Balaban J connectivity index is 2.32. The zero-order valence-corrected chi connectivity index (χ0v) is 10.5. The van der Waals surface area contributed by atoms with E-state index >= 15 is 0 Å². The molecule has 0 amide bonds. The lowest BCUT2D eigenvalue weighted by Gasteiger charge is -2.17. The highest BCUT2D eigenvalue weighted by Crippen LogP contribution is 2.19. The van der Waals surface area contributed by atoms with Crippen LogP contribution in [0, 0.1) is 0 Å². The van der Waals surface area contributed by atoms with Gasteiger partial charge < -0.3 is 15.0 Å². The highest BCUT2D eigenvalue weighted by molar-refractivity contribution is 5.75. The second kappa shape index (κ2) is 4.85. The van der Waals surface area contributed by atoms with E-state index in [4.69, 9.17) is 5.11 Å². The number of aromatic nitrogens is 2. The van der Waals surface area contributed by atoms with Gasteiger partial charge in [-0.15, -0.1) is 0 Å². The molecule has 0 saturated heterocycles. The van der Waals surface area contributed by atoms with Crippen molar-refractivity contribution >= 4 is 11.0 Å². The van der Waals surface area contributed by atoms with Gasteiger partial charge in [0.25, 0.3) is 0 Å². The molecule has 0 aliphatic heterocycles. The van der Waals surface area contributed by atoms with Crippen molar-refractivity contribution < 1.29 is 5.11 Å². The Hall–Kier alpha value is -1.39. The number of aryl methyl sites for hydroxylation is 1. The minimum Gasteiger partial charge on any atom is -0.395 e. The fraction of sp³-hybridized carbons (Fsp3) is 0.462. The van der Waals surface area contributed by atoms with E-state index in [1.54, 1.807) is 0 Å². The van der Waals surface area contributed by atoms with E-state index in [0.717, 1.165) is 16.9 Å². The molecule has 4 heteroatoms. The van der Waals surface area contributed by atoms with Gasteiger partial charge in [0.15, 0.2) is 0 Å². The molecule has 0 saturated carbocycles. The average molecular weight is 233 g/mol. The third-order valence-corrected chi connectivity index (χ3v) is 3.02. The summed E-state index contributed by atoms with van der Waals surface area (Å²) in [6, 6.07) is 8.28. The summed E-state index contributed by atoms with van der Waals surface area (Å²) in [6.07, 6.45) is 0. The van der Waals surface area contributed by atoms with E-state index in [1.807, 2.05) is 32.2 Å². The Bertz CT molecular complexity index is 506. The minimum atomic E-state index is 0.0739. The number of hydrogen-bond donors (Lipinski definition) is 2. The Kier molecular flexibility index (Phi) is 3.45. The largest absolute Gasteiger partial charge is 0.395 e. The molecule has 2 atom stereocenters. The van der Waals surface area contributed by atoms with Crippen molar-refractivity contribution in [2.45, 2.75) is 25.9 Å². The lowest BCUT2D eigenvalue weighted by atomic mass is 10.2. The predicted molar refractivity (Wildman–Crippen MR) is 68.8 cm³/mol. The van der Waals surface area contributed by atoms with Gasteiger partial charge in [-0.1, -0.05) is 12.1 Å². The summed E-state index contributed by atoms with van der Waals surface area (Å²) in [5, 5.41) is 12.4. The quantitative estimate of drug-likeness (QED) is 0.843. The number of para-hydroxylation sites is 2. The number of aliphatic hydroxyl groups is 1. The molecular weight excluding hydrogens is 214 g/mol. The molecule has 2 N–H and O–H groups in total. The van der Waals surface area contributed by atoms with Gasteiger partial charge in [0.1, 0.15) is 5.82 Å². The molecule has 1 heterocycles. The molecule has 0 aliphatic rings. The van der Waals surface area contributed by atoms with Crippen LogP contribution in [0.15, 0.2) is 24.3 Å². The Morgan fingerprint density at radius 1 is 1.35 bits per heavy atom. The van der Waals surface area contributed by atoms with E-state index < -0.39 is 0 Å². The van der Waals surface area contributed by atoms with Crippen LogP contribution in [-0.4, -0.2) is 27.3 Å². The molecule has 1 unspecified atom stereocenters. The van der Waals surface area contributed by atoms with E-state index in [1.165, 1.54) is 0 Å². The van der Waals surface area contributed by atoms with Crippen molar-refractivity contribution in [3.05, 3.63) is 30.1 Å². The smallest absolute Gasteiger partial charge is 0.126 e. The maximum atomic E-state index is 9.05. The molecule has 0 spiro atoms. The van der Waals surface area contributed by atoms with Crippen LogP contribution in [0.5, 0.6) is 0 Å². The molecule has 1 aromatic heterocycles. The first-order chi connectivity index (χ1) is 8.13. The van der Waals surface area contributed by atoms with Crippen molar-refractivity contribution in [2.24, 2.45) is 7.05 Å². The zero-order valence-electron chi connectivity index (χ0n) is 10.5. The molecule has 0 bridgehead atoms. The average Bonchev–Trinajstić information content (AvgIpc) is 2.67. The molecule has 0 fully saturated rings. The van der Waals surface area contributed by atoms with Crippen LogP contribution in [0.2, 0.25) is 0 Å². The summed E-state index contributed by atoms with van der Waals surface area (Å²) in [6.45, 7) is 4.15. The highest BCUT2D eigenvalue weighted by atomic mass is 16.3. The van der Waals surface area contributed by atoms with E-state index in [-0.39, 0.29) is 18.7 Å². The Morgan fingerprint density at radius 3 is 2.71 bits per heavy atom. The number of hydrogen-bond acceptors (Lipinski definition) is 3. The fourth-order valence-corrected chi connectivity index (χ4v) is 2.11. The van der Waals surface area contributed by atoms with Gasteiger partial charge in [-0.3, -0.25) is 0 Å². The first-order valence-electron chi connectivity index (χ1n) is 5.91. The molecule has 2 aromatic rings. The highest BCUT2D eigenvalue weighted by Gasteiger charge is 2.15. The molecule has 1 aromatic carbocycles. The van der Waals surface area contributed by atoms with Gasteiger partial charge in [-0.2, -0.15) is 0 Å². The Morgan fingerprint density at radius 2 is 2.06 bits per heavy atom. The van der Waals surface area contributed by atoms with Gasteiger partial charge in [0.2, 0.25) is 0 Å². The number of benzene rings is 1. The van der Waals surface area contributed by atoms with Gasteiger partial charge in [0.05, 0.1) is 23.7 Å². The molecule has 0 radical (unpaired) electrons. The number of aliphatic hydroxyl groups excluding tert-OH is 1. The number of rotatable bonds is 4. The van der Waals surface area contributed by atoms with Gasteiger partial charge >= 0.3 is 0 Å². The van der Waals surface area contributed by atoms with Gasteiger partial charge in [-0.25, -0.2) is 4.98 Å². The van der Waals surface area contributed by atoms with Crippen LogP contribution < -0.4 is 5.32 Å². The van der Waals surface area contributed by atoms with Crippen molar-refractivity contribution in [3.8, 4) is 0 Å². The third kappa shape index (κ3) is 2.33. The summed E-state index contributed by atoms with van der Waals surface area (Å²) in [4.78, 5) is 4.62. The maximum Gasteiger partial charge on any atom is 0.126 e. The Labute approximate surface area is 101 Å². The van der Waals surface area contributed by atoms with Gasteiger partial charge in [0, 0.05) is 13.1 Å². The van der Waals surface area contributed by atoms with E-state index in [2.05, 4.69) is 27.9 Å².